The summed E-state index contributed by atoms with van der Waals surface area (Å²) in [6.07, 6.45) is 3.32. The second-order valence-electron chi connectivity index (χ2n) is 4.99. The molecule has 0 radical (unpaired) electrons. The third-order valence-corrected chi connectivity index (χ3v) is 5.24. The number of rotatable bonds is 4. The van der Waals surface area contributed by atoms with E-state index in [-0.39, 0.29) is 5.78 Å². The maximum Gasteiger partial charge on any atom is 0.243 e. The predicted octanol–water partition coefficient (Wildman–Crippen LogP) is 1.99. The van der Waals surface area contributed by atoms with Crippen LogP contribution in [0.5, 0.6) is 0 Å². The van der Waals surface area contributed by atoms with Gasteiger partial charge < -0.3 is 0 Å². The summed E-state index contributed by atoms with van der Waals surface area (Å²) in [5.41, 5.74) is 0.852. The van der Waals surface area contributed by atoms with Gasteiger partial charge in [-0.05, 0) is 37.5 Å². The van der Waals surface area contributed by atoms with Crippen LogP contribution in [-0.4, -0.2) is 31.6 Å². The lowest BCUT2D eigenvalue weighted by molar-refractivity contribution is -0.116. The van der Waals surface area contributed by atoms with E-state index in [9.17, 15) is 13.2 Å². The number of piperidine rings is 1. The van der Waals surface area contributed by atoms with Crippen molar-refractivity contribution in [1.82, 2.24) is 4.31 Å². The van der Waals surface area contributed by atoms with Gasteiger partial charge in [0.25, 0.3) is 0 Å². The molecule has 0 bridgehead atoms. The Morgan fingerprint density at radius 1 is 1.11 bits per heavy atom. The van der Waals surface area contributed by atoms with Gasteiger partial charge in [0.15, 0.2) is 0 Å². The fourth-order valence-corrected chi connectivity index (χ4v) is 3.84. The highest BCUT2D eigenvalue weighted by Gasteiger charge is 2.25. The Morgan fingerprint density at radius 2 is 1.68 bits per heavy atom. The number of sulfonamides is 1. The molecule has 5 heteroatoms. The molecular weight excluding hydrogens is 262 g/mol. The van der Waals surface area contributed by atoms with E-state index in [2.05, 4.69) is 0 Å². The molecule has 1 saturated heterocycles. The first-order valence-corrected chi connectivity index (χ1v) is 8.03. The topological polar surface area (TPSA) is 54.5 Å². The van der Waals surface area contributed by atoms with Gasteiger partial charge in [-0.25, -0.2) is 8.42 Å². The van der Waals surface area contributed by atoms with Crippen LogP contribution >= 0.6 is 0 Å². The van der Waals surface area contributed by atoms with Gasteiger partial charge in [0.1, 0.15) is 5.78 Å². The van der Waals surface area contributed by atoms with Crippen LogP contribution in [0.25, 0.3) is 0 Å². The van der Waals surface area contributed by atoms with Crippen molar-refractivity contribution in [3.8, 4) is 0 Å². The summed E-state index contributed by atoms with van der Waals surface area (Å²) in [4.78, 5) is 11.3. The quantitative estimate of drug-likeness (QED) is 0.848. The maximum atomic E-state index is 12.4. The fraction of sp³-hybridized carbons (Fsp3) is 0.500. The zero-order valence-electron chi connectivity index (χ0n) is 11.1. The standard InChI is InChI=1S/C14H19NO3S/c1-12(16)11-13-5-7-14(8-6-13)19(17,18)15-9-3-2-4-10-15/h5-8H,2-4,9-11H2,1H3. The van der Waals surface area contributed by atoms with Gasteiger partial charge in [0, 0.05) is 19.5 Å². The van der Waals surface area contributed by atoms with Crippen molar-refractivity contribution in [3.05, 3.63) is 29.8 Å². The average Bonchev–Trinajstić information content (AvgIpc) is 2.40. The normalized spacial score (nSPS) is 17.3. The molecule has 0 unspecified atom stereocenters. The summed E-state index contributed by atoms with van der Waals surface area (Å²) in [6.45, 7) is 2.74. The van der Waals surface area contributed by atoms with Crippen LogP contribution in [0.1, 0.15) is 31.7 Å². The summed E-state index contributed by atoms with van der Waals surface area (Å²) in [5.74, 6) is 0.0756. The van der Waals surface area contributed by atoms with E-state index in [1.807, 2.05) is 0 Å². The van der Waals surface area contributed by atoms with E-state index in [1.165, 1.54) is 6.92 Å². The molecule has 19 heavy (non-hydrogen) atoms. The van der Waals surface area contributed by atoms with Gasteiger partial charge in [0.05, 0.1) is 4.90 Å². The summed E-state index contributed by atoms with van der Waals surface area (Å²) in [7, 11) is -3.36. The third kappa shape index (κ3) is 3.42. The molecule has 0 spiro atoms. The molecule has 0 atom stereocenters. The van der Waals surface area contributed by atoms with Crippen molar-refractivity contribution in [2.24, 2.45) is 0 Å². The number of carbonyl (C=O) groups is 1. The molecule has 1 aliphatic rings. The molecule has 1 aliphatic heterocycles. The van der Waals surface area contributed by atoms with Gasteiger partial charge in [-0.2, -0.15) is 4.31 Å². The molecule has 1 aromatic rings. The smallest absolute Gasteiger partial charge is 0.243 e. The Bertz CT molecular complexity index is 543. The van der Waals surface area contributed by atoms with Gasteiger partial charge in [-0.3, -0.25) is 4.79 Å². The number of benzene rings is 1. The summed E-state index contributed by atoms with van der Waals surface area (Å²) < 4.78 is 26.3. The molecule has 2 rings (SSSR count). The van der Waals surface area contributed by atoms with Gasteiger partial charge in [-0.15, -0.1) is 0 Å². The van der Waals surface area contributed by atoms with Crippen molar-refractivity contribution in [1.29, 1.82) is 0 Å². The van der Waals surface area contributed by atoms with E-state index >= 15 is 0 Å². The molecule has 0 amide bonds. The average molecular weight is 281 g/mol. The van der Waals surface area contributed by atoms with Crippen LogP contribution in [-0.2, 0) is 21.2 Å². The first-order valence-electron chi connectivity index (χ1n) is 6.59. The minimum Gasteiger partial charge on any atom is -0.300 e. The number of carbonyl (C=O) groups excluding carboxylic acids is 1. The second-order valence-corrected chi connectivity index (χ2v) is 6.93. The molecule has 0 aromatic heterocycles. The number of hydrogen-bond acceptors (Lipinski definition) is 3. The minimum atomic E-state index is -3.36. The molecule has 1 fully saturated rings. The summed E-state index contributed by atoms with van der Waals surface area (Å²) in [6, 6.07) is 6.64. The molecular formula is C14H19NO3S. The van der Waals surface area contributed by atoms with E-state index in [0.717, 1.165) is 24.8 Å². The highest BCUT2D eigenvalue weighted by Crippen LogP contribution is 2.20. The molecule has 104 valence electrons. The first-order chi connectivity index (χ1) is 9.00. The van der Waals surface area contributed by atoms with Crippen molar-refractivity contribution >= 4 is 15.8 Å². The van der Waals surface area contributed by atoms with Crippen molar-refractivity contribution in [2.45, 2.75) is 37.5 Å². The number of Topliss-reactive ketones (excluding diaryl/α,β-unsaturated/α-hetero) is 1. The summed E-state index contributed by atoms with van der Waals surface area (Å²) >= 11 is 0. The Hall–Kier alpha value is -1.20. The third-order valence-electron chi connectivity index (χ3n) is 3.33. The maximum absolute atomic E-state index is 12.4. The highest BCUT2D eigenvalue weighted by atomic mass is 32.2. The first kappa shape index (κ1) is 14.2. The zero-order chi connectivity index (χ0) is 13.9. The summed E-state index contributed by atoms with van der Waals surface area (Å²) in [5, 5.41) is 0. The van der Waals surface area contributed by atoms with Crippen LogP contribution in [0.3, 0.4) is 0 Å². The van der Waals surface area contributed by atoms with E-state index in [0.29, 0.717) is 24.4 Å². The van der Waals surface area contributed by atoms with Gasteiger partial charge >= 0.3 is 0 Å². The van der Waals surface area contributed by atoms with Crippen molar-refractivity contribution in [2.75, 3.05) is 13.1 Å². The number of ketones is 1. The molecule has 0 N–H and O–H groups in total. The molecule has 0 aliphatic carbocycles. The lowest BCUT2D eigenvalue weighted by Crippen LogP contribution is -2.35. The minimum absolute atomic E-state index is 0.0756. The lowest BCUT2D eigenvalue weighted by Gasteiger charge is -2.25. The number of hydrogen-bond donors (Lipinski definition) is 0. The van der Waals surface area contributed by atoms with Crippen LogP contribution in [0.2, 0.25) is 0 Å². The SMILES string of the molecule is CC(=O)Cc1ccc(S(=O)(=O)N2CCCCC2)cc1. The van der Waals surface area contributed by atoms with E-state index < -0.39 is 10.0 Å². The molecule has 0 saturated carbocycles. The van der Waals surface area contributed by atoms with Crippen LogP contribution in [0.15, 0.2) is 29.2 Å². The van der Waals surface area contributed by atoms with Crippen molar-refractivity contribution in [3.63, 3.8) is 0 Å². The largest absolute Gasteiger partial charge is 0.300 e. The molecule has 4 nitrogen and oxygen atoms in total. The van der Waals surface area contributed by atoms with Crippen molar-refractivity contribution < 1.29 is 13.2 Å². The van der Waals surface area contributed by atoms with Crippen LogP contribution in [0, 0.1) is 0 Å². The Labute approximate surface area is 114 Å². The molecule has 1 aromatic carbocycles. The predicted molar refractivity (Wildman–Crippen MR) is 73.4 cm³/mol. The molecule has 1 heterocycles. The Balaban J connectivity index is 2.18. The second kappa shape index (κ2) is 5.84. The lowest BCUT2D eigenvalue weighted by atomic mass is 10.1. The Kier molecular flexibility index (Phi) is 4.37. The monoisotopic (exact) mass is 281 g/mol. The Morgan fingerprint density at radius 3 is 2.21 bits per heavy atom. The fourth-order valence-electron chi connectivity index (χ4n) is 2.32. The van der Waals surface area contributed by atoms with Gasteiger partial charge in [-0.1, -0.05) is 18.6 Å². The van der Waals surface area contributed by atoms with E-state index in [1.54, 1.807) is 28.6 Å². The zero-order valence-corrected chi connectivity index (χ0v) is 11.9. The number of nitrogens with zero attached hydrogens (tertiary/aromatic N) is 1. The van der Waals surface area contributed by atoms with Gasteiger partial charge in [0.2, 0.25) is 10.0 Å². The van der Waals surface area contributed by atoms with Crippen LogP contribution < -0.4 is 0 Å². The van der Waals surface area contributed by atoms with E-state index in [4.69, 9.17) is 0 Å². The van der Waals surface area contributed by atoms with Crippen LogP contribution in [0.4, 0.5) is 0 Å². The highest BCUT2D eigenvalue weighted by molar-refractivity contribution is 7.89.